The van der Waals surface area contributed by atoms with Crippen LogP contribution in [-0.4, -0.2) is 12.5 Å². The SMILES string of the molecule is CCO/C=C/NC(=O)c1ccccc1. The quantitative estimate of drug-likeness (QED) is 0.738. The molecule has 1 rings (SSSR count). The van der Waals surface area contributed by atoms with E-state index in [1.807, 2.05) is 25.1 Å². The molecule has 0 radical (unpaired) electrons. The van der Waals surface area contributed by atoms with Gasteiger partial charge in [0.2, 0.25) is 0 Å². The molecule has 0 aliphatic rings. The average Bonchev–Trinajstić information content (AvgIpc) is 2.25. The van der Waals surface area contributed by atoms with Crippen molar-refractivity contribution in [3.05, 3.63) is 48.4 Å². The molecule has 0 saturated heterocycles. The zero-order valence-electron chi connectivity index (χ0n) is 8.07. The van der Waals surface area contributed by atoms with Gasteiger partial charge in [0.25, 0.3) is 5.91 Å². The third-order valence-electron chi connectivity index (χ3n) is 1.58. The van der Waals surface area contributed by atoms with Crippen LogP contribution in [0.2, 0.25) is 0 Å². The maximum atomic E-state index is 11.4. The topological polar surface area (TPSA) is 38.3 Å². The number of carbonyl (C=O) groups excluding carboxylic acids is 1. The van der Waals surface area contributed by atoms with E-state index in [-0.39, 0.29) is 5.91 Å². The van der Waals surface area contributed by atoms with E-state index in [1.54, 1.807) is 12.1 Å². The molecule has 0 aliphatic heterocycles. The molecule has 14 heavy (non-hydrogen) atoms. The first-order valence-electron chi connectivity index (χ1n) is 4.47. The number of nitrogens with one attached hydrogen (secondary N) is 1. The second kappa shape index (κ2) is 5.80. The molecular weight excluding hydrogens is 178 g/mol. The Morgan fingerprint density at radius 1 is 1.43 bits per heavy atom. The number of amides is 1. The largest absolute Gasteiger partial charge is 0.500 e. The van der Waals surface area contributed by atoms with Gasteiger partial charge in [-0.3, -0.25) is 4.79 Å². The molecule has 0 fully saturated rings. The van der Waals surface area contributed by atoms with E-state index in [1.165, 1.54) is 12.5 Å². The number of hydrogen-bond acceptors (Lipinski definition) is 2. The van der Waals surface area contributed by atoms with Gasteiger partial charge in [-0.2, -0.15) is 0 Å². The summed E-state index contributed by atoms with van der Waals surface area (Å²) in [5.41, 5.74) is 0.633. The number of rotatable bonds is 4. The van der Waals surface area contributed by atoms with E-state index in [2.05, 4.69) is 5.32 Å². The Bertz CT molecular complexity index is 306. The predicted octanol–water partition coefficient (Wildman–Crippen LogP) is 1.92. The summed E-state index contributed by atoms with van der Waals surface area (Å²) < 4.78 is 4.92. The van der Waals surface area contributed by atoms with Crippen molar-refractivity contribution in [2.24, 2.45) is 0 Å². The molecule has 0 unspecified atom stereocenters. The zero-order valence-corrected chi connectivity index (χ0v) is 8.07. The monoisotopic (exact) mass is 191 g/mol. The van der Waals surface area contributed by atoms with Crippen LogP contribution in [0.15, 0.2) is 42.8 Å². The molecule has 1 N–H and O–H groups in total. The van der Waals surface area contributed by atoms with Crippen molar-refractivity contribution in [1.29, 1.82) is 0 Å². The lowest BCUT2D eigenvalue weighted by Gasteiger charge is -1.99. The minimum Gasteiger partial charge on any atom is -0.500 e. The first-order chi connectivity index (χ1) is 6.84. The molecule has 0 atom stereocenters. The summed E-state index contributed by atoms with van der Waals surface area (Å²) in [7, 11) is 0. The first kappa shape index (κ1) is 10.3. The van der Waals surface area contributed by atoms with Gasteiger partial charge in [0.15, 0.2) is 0 Å². The highest BCUT2D eigenvalue weighted by atomic mass is 16.5. The third kappa shape index (κ3) is 3.31. The van der Waals surface area contributed by atoms with Gasteiger partial charge < -0.3 is 10.1 Å². The fourth-order valence-corrected chi connectivity index (χ4v) is 0.927. The van der Waals surface area contributed by atoms with E-state index in [9.17, 15) is 4.79 Å². The molecule has 1 amide bonds. The highest BCUT2D eigenvalue weighted by Crippen LogP contribution is 1.97. The van der Waals surface area contributed by atoms with Gasteiger partial charge in [-0.05, 0) is 19.1 Å². The standard InChI is InChI=1S/C11H13NO2/c1-2-14-9-8-12-11(13)10-6-4-3-5-7-10/h3-9H,2H2,1H3,(H,12,13)/b9-8+. The van der Waals surface area contributed by atoms with Gasteiger partial charge in [-0.25, -0.2) is 0 Å². The number of carbonyl (C=O) groups is 1. The second-order valence-corrected chi connectivity index (χ2v) is 2.60. The summed E-state index contributed by atoms with van der Waals surface area (Å²) in [6, 6.07) is 9.02. The van der Waals surface area contributed by atoms with Crippen LogP contribution in [0.4, 0.5) is 0 Å². The number of hydrogen-bond donors (Lipinski definition) is 1. The highest BCUT2D eigenvalue weighted by Gasteiger charge is 1.99. The summed E-state index contributed by atoms with van der Waals surface area (Å²) in [5.74, 6) is -0.137. The Morgan fingerprint density at radius 3 is 2.79 bits per heavy atom. The van der Waals surface area contributed by atoms with E-state index < -0.39 is 0 Å². The van der Waals surface area contributed by atoms with Crippen LogP contribution < -0.4 is 5.32 Å². The van der Waals surface area contributed by atoms with E-state index in [0.29, 0.717) is 12.2 Å². The van der Waals surface area contributed by atoms with Gasteiger partial charge in [0.05, 0.1) is 12.9 Å². The van der Waals surface area contributed by atoms with Crippen LogP contribution >= 0.6 is 0 Å². The highest BCUT2D eigenvalue weighted by molar-refractivity contribution is 5.94. The molecule has 1 aromatic carbocycles. The molecule has 0 heterocycles. The smallest absolute Gasteiger partial charge is 0.255 e. The van der Waals surface area contributed by atoms with Gasteiger partial charge in [0.1, 0.15) is 0 Å². The molecule has 0 bridgehead atoms. The van der Waals surface area contributed by atoms with Crippen molar-refractivity contribution < 1.29 is 9.53 Å². The van der Waals surface area contributed by atoms with Crippen LogP contribution in [-0.2, 0) is 4.74 Å². The van der Waals surface area contributed by atoms with Crippen molar-refractivity contribution in [1.82, 2.24) is 5.32 Å². The summed E-state index contributed by atoms with van der Waals surface area (Å²) in [4.78, 5) is 11.4. The van der Waals surface area contributed by atoms with Crippen LogP contribution in [0.3, 0.4) is 0 Å². The van der Waals surface area contributed by atoms with Crippen LogP contribution in [0, 0.1) is 0 Å². The van der Waals surface area contributed by atoms with Crippen molar-refractivity contribution in [3.8, 4) is 0 Å². The number of benzene rings is 1. The summed E-state index contributed by atoms with van der Waals surface area (Å²) in [5, 5.41) is 2.59. The Morgan fingerprint density at radius 2 is 2.14 bits per heavy atom. The van der Waals surface area contributed by atoms with Crippen LogP contribution in [0.25, 0.3) is 0 Å². The van der Waals surface area contributed by atoms with Crippen LogP contribution in [0.1, 0.15) is 17.3 Å². The van der Waals surface area contributed by atoms with Gasteiger partial charge >= 0.3 is 0 Å². The van der Waals surface area contributed by atoms with Crippen molar-refractivity contribution in [2.45, 2.75) is 6.92 Å². The first-order valence-corrected chi connectivity index (χ1v) is 4.47. The third-order valence-corrected chi connectivity index (χ3v) is 1.58. The van der Waals surface area contributed by atoms with Crippen LogP contribution in [0.5, 0.6) is 0 Å². The molecular formula is C11H13NO2. The lowest BCUT2D eigenvalue weighted by Crippen LogP contribution is -2.16. The second-order valence-electron chi connectivity index (χ2n) is 2.60. The van der Waals surface area contributed by atoms with E-state index in [0.717, 1.165) is 0 Å². The summed E-state index contributed by atoms with van der Waals surface area (Å²) >= 11 is 0. The van der Waals surface area contributed by atoms with Crippen molar-refractivity contribution >= 4 is 5.91 Å². The summed E-state index contributed by atoms with van der Waals surface area (Å²) in [6.07, 6.45) is 2.94. The van der Waals surface area contributed by atoms with Gasteiger partial charge in [-0.1, -0.05) is 18.2 Å². The van der Waals surface area contributed by atoms with Gasteiger partial charge in [0, 0.05) is 11.8 Å². The molecule has 0 saturated carbocycles. The normalized spacial score (nSPS) is 10.1. The summed E-state index contributed by atoms with van der Waals surface area (Å²) in [6.45, 7) is 2.47. The fourth-order valence-electron chi connectivity index (χ4n) is 0.927. The van der Waals surface area contributed by atoms with E-state index in [4.69, 9.17) is 4.74 Å². The van der Waals surface area contributed by atoms with E-state index >= 15 is 0 Å². The molecule has 3 heteroatoms. The predicted molar refractivity (Wildman–Crippen MR) is 54.7 cm³/mol. The van der Waals surface area contributed by atoms with Crippen molar-refractivity contribution in [2.75, 3.05) is 6.61 Å². The van der Waals surface area contributed by atoms with Gasteiger partial charge in [-0.15, -0.1) is 0 Å². The molecule has 0 aliphatic carbocycles. The maximum absolute atomic E-state index is 11.4. The zero-order chi connectivity index (χ0) is 10.2. The molecule has 0 spiro atoms. The Hall–Kier alpha value is -1.77. The number of ether oxygens (including phenoxy) is 1. The van der Waals surface area contributed by atoms with Crippen molar-refractivity contribution in [3.63, 3.8) is 0 Å². The minimum absolute atomic E-state index is 0.137. The molecule has 74 valence electrons. The molecule has 0 aromatic heterocycles. The minimum atomic E-state index is -0.137. The fraction of sp³-hybridized carbons (Fsp3) is 0.182. The lowest BCUT2D eigenvalue weighted by atomic mass is 10.2. The maximum Gasteiger partial charge on any atom is 0.255 e. The molecule has 3 nitrogen and oxygen atoms in total. The lowest BCUT2D eigenvalue weighted by molar-refractivity contribution is 0.0968. The average molecular weight is 191 g/mol. The molecule has 1 aromatic rings. The Kier molecular flexibility index (Phi) is 4.27. The Balaban J connectivity index is 2.44. The Labute approximate surface area is 83.4 Å².